The normalized spacial score (nSPS) is 22.6. The van der Waals surface area contributed by atoms with Gasteiger partial charge in [-0.3, -0.25) is 4.79 Å². The van der Waals surface area contributed by atoms with Crippen molar-refractivity contribution in [1.29, 1.82) is 0 Å². The first-order chi connectivity index (χ1) is 14.9. The van der Waals surface area contributed by atoms with Crippen molar-refractivity contribution in [3.8, 4) is 11.5 Å². The van der Waals surface area contributed by atoms with E-state index in [1.807, 2.05) is 24.3 Å². The van der Waals surface area contributed by atoms with Crippen molar-refractivity contribution in [2.45, 2.75) is 65.6 Å². The molecule has 0 amide bonds. The second kappa shape index (κ2) is 7.40. The lowest BCUT2D eigenvalue weighted by Crippen LogP contribution is -2.56. The summed E-state index contributed by atoms with van der Waals surface area (Å²) in [5, 5.41) is 0. The Morgan fingerprint density at radius 3 is 1.65 bits per heavy atom. The molecule has 31 heavy (non-hydrogen) atoms. The molecule has 0 spiro atoms. The van der Waals surface area contributed by atoms with E-state index in [0.717, 1.165) is 59.5 Å². The first-order valence-electron chi connectivity index (χ1n) is 11.5. The number of hydrogen-bond donors (Lipinski definition) is 0. The van der Waals surface area contributed by atoms with Gasteiger partial charge in [-0.25, -0.2) is 0 Å². The number of ketones is 1. The fourth-order valence-corrected chi connectivity index (χ4v) is 5.17. The molecule has 3 nitrogen and oxygen atoms in total. The molecule has 1 saturated carbocycles. The summed E-state index contributed by atoms with van der Waals surface area (Å²) in [6.07, 6.45) is 7.68. The van der Waals surface area contributed by atoms with Crippen molar-refractivity contribution >= 4 is 17.9 Å². The third kappa shape index (κ3) is 3.22. The number of carbonyl (C=O) groups excluding carboxylic acids is 1. The quantitative estimate of drug-likeness (QED) is 0.598. The van der Waals surface area contributed by atoms with Gasteiger partial charge in [0.1, 0.15) is 23.7 Å². The van der Waals surface area contributed by atoms with Crippen molar-refractivity contribution in [2.24, 2.45) is 5.41 Å². The molecule has 1 fully saturated rings. The van der Waals surface area contributed by atoms with Crippen LogP contribution in [0, 0.1) is 5.41 Å². The number of aryl methyl sites for hydroxylation is 2. The van der Waals surface area contributed by atoms with Gasteiger partial charge in [-0.05, 0) is 60.4 Å². The number of Topliss-reactive ketones (excluding diaryl/α,β-unsaturated/α-hetero) is 1. The standard InChI is InChI=1S/C28H30O3/c1-5-7-17-9-11-23-19(13-17)15-21-25(29)22-16-20-14-18(8-6-2)10-12-24(20)31-27(22)28(3,4)26(21)30-23/h9-16,26-27H,5-8H2,1-4H3/t26-,27-/m1/s1. The van der Waals surface area contributed by atoms with E-state index in [0.29, 0.717) is 0 Å². The molecule has 0 N–H and O–H groups in total. The van der Waals surface area contributed by atoms with Gasteiger partial charge in [0, 0.05) is 27.7 Å². The van der Waals surface area contributed by atoms with Gasteiger partial charge >= 0.3 is 0 Å². The first-order valence-corrected chi connectivity index (χ1v) is 11.5. The Bertz CT molecular complexity index is 1030. The molecule has 2 aromatic rings. The summed E-state index contributed by atoms with van der Waals surface area (Å²) in [5.41, 5.74) is 5.66. The Morgan fingerprint density at radius 2 is 1.23 bits per heavy atom. The summed E-state index contributed by atoms with van der Waals surface area (Å²) in [5.74, 6) is 1.75. The fraction of sp³-hybridized carbons (Fsp3) is 0.393. The number of benzene rings is 2. The predicted molar refractivity (Wildman–Crippen MR) is 124 cm³/mol. The minimum atomic E-state index is -0.384. The molecular formula is C28H30O3. The summed E-state index contributed by atoms with van der Waals surface area (Å²) in [6, 6.07) is 12.7. The Kier molecular flexibility index (Phi) is 4.80. The Balaban J connectivity index is 1.59. The van der Waals surface area contributed by atoms with Crippen LogP contribution >= 0.6 is 0 Å². The molecule has 0 unspecified atom stereocenters. The van der Waals surface area contributed by atoms with E-state index in [4.69, 9.17) is 9.47 Å². The molecule has 160 valence electrons. The van der Waals surface area contributed by atoms with Crippen molar-refractivity contribution in [2.75, 3.05) is 0 Å². The SMILES string of the molecule is CCCc1ccc2c(c1)C=C1C(=O)C3=Cc4cc(CCC)ccc4O[C@H]3C(C)(C)[C@@H]1O2. The van der Waals surface area contributed by atoms with Gasteiger partial charge in [0.15, 0.2) is 5.78 Å². The average Bonchev–Trinajstić information content (AvgIpc) is 2.76. The van der Waals surface area contributed by atoms with E-state index in [9.17, 15) is 4.79 Å². The molecule has 2 atom stereocenters. The summed E-state index contributed by atoms with van der Waals surface area (Å²) >= 11 is 0. The second-order valence-corrected chi connectivity index (χ2v) is 9.59. The minimum absolute atomic E-state index is 0.0485. The molecule has 0 saturated heterocycles. The lowest BCUT2D eigenvalue weighted by atomic mass is 9.65. The van der Waals surface area contributed by atoms with Crippen LogP contribution in [-0.2, 0) is 17.6 Å². The lowest BCUT2D eigenvalue weighted by Gasteiger charge is -2.48. The molecule has 0 bridgehead atoms. The molecule has 3 heteroatoms. The van der Waals surface area contributed by atoms with Gasteiger partial charge in [0.25, 0.3) is 0 Å². The van der Waals surface area contributed by atoms with Crippen LogP contribution in [0.2, 0.25) is 0 Å². The fourth-order valence-electron chi connectivity index (χ4n) is 5.17. The first kappa shape index (κ1) is 20.1. The molecule has 2 aromatic carbocycles. The van der Waals surface area contributed by atoms with Crippen molar-refractivity contribution < 1.29 is 14.3 Å². The molecule has 5 rings (SSSR count). The number of carbonyl (C=O) groups is 1. The molecule has 1 aliphatic carbocycles. The van der Waals surface area contributed by atoms with Gasteiger partial charge in [-0.1, -0.05) is 52.7 Å². The highest BCUT2D eigenvalue weighted by atomic mass is 16.5. The van der Waals surface area contributed by atoms with Gasteiger partial charge in [0.05, 0.1) is 0 Å². The molecular weight excluding hydrogens is 384 g/mol. The van der Waals surface area contributed by atoms with E-state index in [2.05, 4.69) is 52.0 Å². The number of ether oxygens (including phenoxy) is 2. The summed E-state index contributed by atoms with van der Waals surface area (Å²) in [6.45, 7) is 8.64. The highest BCUT2D eigenvalue weighted by Gasteiger charge is 2.54. The molecule has 3 aliphatic rings. The topological polar surface area (TPSA) is 35.5 Å². The minimum Gasteiger partial charge on any atom is -0.484 e. The zero-order valence-corrected chi connectivity index (χ0v) is 18.8. The number of rotatable bonds is 4. The highest BCUT2D eigenvalue weighted by molar-refractivity contribution is 6.16. The van der Waals surface area contributed by atoms with E-state index in [1.54, 1.807) is 0 Å². The monoisotopic (exact) mass is 414 g/mol. The zero-order valence-electron chi connectivity index (χ0n) is 18.8. The van der Waals surface area contributed by atoms with Crippen LogP contribution in [0.5, 0.6) is 11.5 Å². The molecule has 2 aliphatic heterocycles. The zero-order chi connectivity index (χ0) is 21.8. The van der Waals surface area contributed by atoms with Gasteiger partial charge in [-0.2, -0.15) is 0 Å². The van der Waals surface area contributed by atoms with Crippen molar-refractivity contribution in [3.05, 3.63) is 69.8 Å². The molecule has 0 aromatic heterocycles. The average molecular weight is 415 g/mol. The summed E-state index contributed by atoms with van der Waals surface area (Å²) in [7, 11) is 0. The van der Waals surface area contributed by atoms with E-state index in [1.165, 1.54) is 11.1 Å². The number of fused-ring (bicyclic) bond motifs is 4. The molecule has 0 radical (unpaired) electrons. The van der Waals surface area contributed by atoms with Crippen molar-refractivity contribution in [3.63, 3.8) is 0 Å². The lowest BCUT2D eigenvalue weighted by molar-refractivity contribution is -0.119. The Labute approximate surface area is 184 Å². The predicted octanol–water partition coefficient (Wildman–Crippen LogP) is 6.19. The summed E-state index contributed by atoms with van der Waals surface area (Å²) in [4.78, 5) is 13.6. The van der Waals surface area contributed by atoms with Gasteiger partial charge in [0.2, 0.25) is 0 Å². The maximum absolute atomic E-state index is 13.6. The van der Waals surface area contributed by atoms with E-state index in [-0.39, 0.29) is 23.4 Å². The third-order valence-corrected chi connectivity index (χ3v) is 6.78. The number of hydrogen-bond acceptors (Lipinski definition) is 3. The van der Waals surface area contributed by atoms with Crippen LogP contribution in [0.4, 0.5) is 0 Å². The highest BCUT2D eigenvalue weighted by Crippen LogP contribution is 2.50. The Hall–Kier alpha value is -2.81. The van der Waals surface area contributed by atoms with Crippen LogP contribution < -0.4 is 9.47 Å². The van der Waals surface area contributed by atoms with E-state index >= 15 is 0 Å². The summed E-state index contributed by atoms with van der Waals surface area (Å²) < 4.78 is 12.9. The third-order valence-electron chi connectivity index (χ3n) is 6.78. The second-order valence-electron chi connectivity index (χ2n) is 9.59. The maximum atomic E-state index is 13.6. The maximum Gasteiger partial charge on any atom is 0.192 e. The van der Waals surface area contributed by atoms with Gasteiger partial charge < -0.3 is 9.47 Å². The van der Waals surface area contributed by atoms with Crippen LogP contribution in [0.1, 0.15) is 62.8 Å². The Morgan fingerprint density at radius 1 is 0.774 bits per heavy atom. The molecule has 2 heterocycles. The van der Waals surface area contributed by atoms with E-state index < -0.39 is 0 Å². The van der Waals surface area contributed by atoms with Crippen LogP contribution in [0.25, 0.3) is 12.2 Å². The smallest absolute Gasteiger partial charge is 0.192 e. The largest absolute Gasteiger partial charge is 0.484 e. The van der Waals surface area contributed by atoms with Crippen LogP contribution in [0.15, 0.2) is 47.5 Å². The van der Waals surface area contributed by atoms with Crippen molar-refractivity contribution in [1.82, 2.24) is 0 Å². The van der Waals surface area contributed by atoms with Crippen LogP contribution in [-0.4, -0.2) is 18.0 Å². The van der Waals surface area contributed by atoms with Crippen LogP contribution in [0.3, 0.4) is 0 Å². The van der Waals surface area contributed by atoms with Gasteiger partial charge in [-0.15, -0.1) is 0 Å².